The largest absolute Gasteiger partial charge is 0.495 e. The van der Waals surface area contributed by atoms with Gasteiger partial charge in [-0.05, 0) is 48.5 Å². The van der Waals surface area contributed by atoms with E-state index in [1.807, 2.05) is 42.5 Å². The zero-order valence-corrected chi connectivity index (χ0v) is 18.5. The maximum Gasteiger partial charge on any atom is 0.277 e. The van der Waals surface area contributed by atoms with Crippen molar-refractivity contribution in [2.24, 2.45) is 0 Å². The van der Waals surface area contributed by atoms with Gasteiger partial charge in [0, 0.05) is 16.8 Å². The van der Waals surface area contributed by atoms with Crippen LogP contribution in [0.1, 0.15) is 10.4 Å². The Morgan fingerprint density at radius 1 is 0.909 bits per heavy atom. The van der Waals surface area contributed by atoms with Crippen LogP contribution in [0.2, 0.25) is 0 Å². The Balaban J connectivity index is 1.29. The highest BCUT2D eigenvalue weighted by atomic mass is 32.2. The van der Waals surface area contributed by atoms with E-state index in [2.05, 4.69) is 20.8 Å². The summed E-state index contributed by atoms with van der Waals surface area (Å²) in [4.78, 5) is 24.8. The van der Waals surface area contributed by atoms with Crippen molar-refractivity contribution >= 4 is 35.0 Å². The van der Waals surface area contributed by atoms with Crippen molar-refractivity contribution in [1.82, 2.24) is 10.2 Å². The van der Waals surface area contributed by atoms with Crippen LogP contribution in [-0.4, -0.2) is 34.9 Å². The van der Waals surface area contributed by atoms with E-state index >= 15 is 0 Å². The quantitative estimate of drug-likeness (QED) is 0.366. The highest BCUT2D eigenvalue weighted by Crippen LogP contribution is 2.25. The predicted octanol–water partition coefficient (Wildman–Crippen LogP) is 4.73. The summed E-state index contributed by atoms with van der Waals surface area (Å²) in [5.74, 6) is 0.570. The second-order valence-electron chi connectivity index (χ2n) is 6.81. The van der Waals surface area contributed by atoms with Gasteiger partial charge in [0.2, 0.25) is 11.8 Å². The fraction of sp³-hybridized carbons (Fsp3) is 0.0833. The first kappa shape index (κ1) is 22.1. The van der Waals surface area contributed by atoms with Crippen molar-refractivity contribution in [2.75, 3.05) is 23.5 Å². The average Bonchev–Trinajstić information content (AvgIpc) is 3.33. The molecule has 8 nitrogen and oxygen atoms in total. The van der Waals surface area contributed by atoms with Crippen molar-refractivity contribution in [3.8, 4) is 17.2 Å². The van der Waals surface area contributed by atoms with Gasteiger partial charge < -0.3 is 19.8 Å². The molecule has 166 valence electrons. The van der Waals surface area contributed by atoms with Crippen LogP contribution >= 0.6 is 11.8 Å². The van der Waals surface area contributed by atoms with Gasteiger partial charge in [-0.15, -0.1) is 10.2 Å². The van der Waals surface area contributed by atoms with Gasteiger partial charge in [0.05, 0.1) is 18.6 Å². The van der Waals surface area contributed by atoms with Crippen molar-refractivity contribution in [2.45, 2.75) is 5.22 Å². The van der Waals surface area contributed by atoms with Gasteiger partial charge in [0.15, 0.2) is 0 Å². The van der Waals surface area contributed by atoms with Crippen LogP contribution < -0.4 is 15.4 Å². The van der Waals surface area contributed by atoms with Crippen molar-refractivity contribution in [1.29, 1.82) is 0 Å². The number of thioether (sulfide) groups is 1. The second-order valence-corrected chi connectivity index (χ2v) is 7.73. The van der Waals surface area contributed by atoms with E-state index in [9.17, 15) is 9.59 Å². The van der Waals surface area contributed by atoms with Crippen molar-refractivity contribution in [3.63, 3.8) is 0 Å². The van der Waals surface area contributed by atoms with Crippen LogP contribution in [-0.2, 0) is 4.79 Å². The molecule has 0 aliphatic heterocycles. The number of methoxy groups -OCH3 is 1. The summed E-state index contributed by atoms with van der Waals surface area (Å²) in [5.41, 5.74) is 2.42. The lowest BCUT2D eigenvalue weighted by atomic mass is 10.2. The highest BCUT2D eigenvalue weighted by Gasteiger charge is 2.12. The molecule has 2 amide bonds. The molecule has 9 heteroatoms. The number of para-hydroxylation sites is 2. The fourth-order valence-electron chi connectivity index (χ4n) is 2.94. The van der Waals surface area contributed by atoms with Gasteiger partial charge in [-0.25, -0.2) is 0 Å². The number of nitrogens with one attached hydrogen (secondary N) is 2. The van der Waals surface area contributed by atoms with Crippen LogP contribution in [0.3, 0.4) is 0 Å². The maximum atomic E-state index is 12.5. The van der Waals surface area contributed by atoms with Crippen LogP contribution in [0, 0.1) is 0 Å². The lowest BCUT2D eigenvalue weighted by Gasteiger charge is -2.10. The van der Waals surface area contributed by atoms with E-state index in [0.29, 0.717) is 33.8 Å². The second kappa shape index (κ2) is 10.5. The standard InChI is InChI=1S/C24H20N4O4S/c1-31-20-10-6-5-9-19(20)26-22(30)16-11-13-18(14-12-16)25-21(29)15-33-24-28-27-23(32-24)17-7-3-2-4-8-17/h2-14H,15H2,1H3,(H,25,29)(H,26,30). The Bertz CT molecular complexity index is 1240. The third kappa shape index (κ3) is 5.78. The summed E-state index contributed by atoms with van der Waals surface area (Å²) in [6.45, 7) is 0. The normalized spacial score (nSPS) is 10.5. The number of hydrogen-bond acceptors (Lipinski definition) is 7. The summed E-state index contributed by atoms with van der Waals surface area (Å²) < 4.78 is 10.8. The Kier molecular flexibility index (Phi) is 7.01. The van der Waals surface area contributed by atoms with Crippen LogP contribution in [0.25, 0.3) is 11.5 Å². The fourth-order valence-corrected chi connectivity index (χ4v) is 3.50. The van der Waals surface area contributed by atoms with Gasteiger partial charge >= 0.3 is 0 Å². The van der Waals surface area contributed by atoms with Crippen LogP contribution in [0.15, 0.2) is 88.5 Å². The topological polar surface area (TPSA) is 106 Å². The van der Waals surface area contributed by atoms with E-state index < -0.39 is 0 Å². The Hall–Kier alpha value is -4.11. The van der Waals surface area contributed by atoms with Gasteiger partial charge in [0.1, 0.15) is 5.75 Å². The molecular formula is C24H20N4O4S. The molecule has 0 bridgehead atoms. The molecule has 0 aliphatic rings. The third-order valence-corrected chi connectivity index (χ3v) is 5.36. The minimum atomic E-state index is -0.279. The zero-order valence-electron chi connectivity index (χ0n) is 17.6. The minimum absolute atomic E-state index is 0.104. The van der Waals surface area contributed by atoms with Crippen molar-refractivity contribution in [3.05, 3.63) is 84.4 Å². The van der Waals surface area contributed by atoms with E-state index in [1.54, 1.807) is 43.5 Å². The molecule has 4 aromatic rings. The predicted molar refractivity (Wildman–Crippen MR) is 126 cm³/mol. The first-order valence-corrected chi connectivity index (χ1v) is 11.0. The number of ether oxygens (including phenoxy) is 1. The number of carbonyl (C=O) groups excluding carboxylic acids is 2. The first-order valence-electron chi connectivity index (χ1n) is 9.98. The number of amides is 2. The monoisotopic (exact) mass is 460 g/mol. The Labute approximate surface area is 194 Å². The molecule has 33 heavy (non-hydrogen) atoms. The van der Waals surface area contributed by atoms with Gasteiger partial charge in [-0.3, -0.25) is 9.59 Å². The van der Waals surface area contributed by atoms with E-state index in [1.165, 1.54) is 0 Å². The number of aromatic nitrogens is 2. The zero-order chi connectivity index (χ0) is 23.0. The molecule has 4 rings (SSSR count). The van der Waals surface area contributed by atoms with Gasteiger partial charge in [-0.1, -0.05) is 42.1 Å². The summed E-state index contributed by atoms with van der Waals surface area (Å²) in [5, 5.41) is 13.9. The molecule has 0 saturated carbocycles. The number of hydrogen-bond donors (Lipinski definition) is 2. The van der Waals surface area contributed by atoms with E-state index in [4.69, 9.17) is 9.15 Å². The van der Waals surface area contributed by atoms with Crippen LogP contribution in [0.4, 0.5) is 11.4 Å². The molecule has 0 saturated heterocycles. The molecule has 1 heterocycles. The number of anilines is 2. The summed E-state index contributed by atoms with van der Waals surface area (Å²) >= 11 is 1.15. The average molecular weight is 461 g/mol. The number of rotatable bonds is 8. The molecule has 3 aromatic carbocycles. The molecular weight excluding hydrogens is 440 g/mol. The lowest BCUT2D eigenvalue weighted by molar-refractivity contribution is -0.113. The third-order valence-electron chi connectivity index (χ3n) is 4.54. The van der Waals surface area contributed by atoms with Crippen molar-refractivity contribution < 1.29 is 18.7 Å². The molecule has 0 fully saturated rings. The summed E-state index contributed by atoms with van der Waals surface area (Å²) in [6, 6.07) is 23.2. The molecule has 0 radical (unpaired) electrons. The Morgan fingerprint density at radius 2 is 1.64 bits per heavy atom. The number of carbonyl (C=O) groups is 2. The molecule has 0 atom stereocenters. The Morgan fingerprint density at radius 3 is 2.39 bits per heavy atom. The van der Waals surface area contributed by atoms with E-state index in [0.717, 1.165) is 17.3 Å². The highest BCUT2D eigenvalue weighted by molar-refractivity contribution is 7.99. The molecule has 0 spiro atoms. The summed E-state index contributed by atoms with van der Waals surface area (Å²) in [6.07, 6.45) is 0. The minimum Gasteiger partial charge on any atom is -0.495 e. The number of nitrogens with zero attached hydrogens (tertiary/aromatic N) is 2. The smallest absolute Gasteiger partial charge is 0.277 e. The lowest BCUT2D eigenvalue weighted by Crippen LogP contribution is -2.15. The van der Waals surface area contributed by atoms with E-state index in [-0.39, 0.29) is 17.6 Å². The van der Waals surface area contributed by atoms with Gasteiger partial charge in [-0.2, -0.15) is 0 Å². The number of benzene rings is 3. The van der Waals surface area contributed by atoms with Gasteiger partial charge in [0.25, 0.3) is 11.1 Å². The maximum absolute atomic E-state index is 12.5. The summed E-state index contributed by atoms with van der Waals surface area (Å²) in [7, 11) is 1.54. The van der Waals surface area contributed by atoms with Crippen LogP contribution in [0.5, 0.6) is 5.75 Å². The first-order chi connectivity index (χ1) is 16.1. The SMILES string of the molecule is COc1ccccc1NC(=O)c1ccc(NC(=O)CSc2nnc(-c3ccccc3)o2)cc1. The molecule has 1 aromatic heterocycles. The molecule has 0 aliphatic carbocycles. The molecule has 2 N–H and O–H groups in total. The molecule has 0 unspecified atom stereocenters.